The van der Waals surface area contributed by atoms with Gasteiger partial charge in [0.1, 0.15) is 0 Å². The second kappa shape index (κ2) is 6.91. The second-order valence-electron chi connectivity index (χ2n) is 4.30. The van der Waals surface area contributed by atoms with Crippen LogP contribution in [0.15, 0.2) is 60.7 Å². The molecule has 2 aromatic rings. The highest BCUT2D eigenvalue weighted by Gasteiger charge is 2.10. The van der Waals surface area contributed by atoms with Crippen molar-refractivity contribution in [3.63, 3.8) is 0 Å². The summed E-state index contributed by atoms with van der Waals surface area (Å²) in [6, 6.07) is 21.4. The molecular weight excluding hydrogens is 256 g/mol. The molecule has 18 heavy (non-hydrogen) atoms. The standard InChI is InChI=1S/C16H18S2/c1-13(15-9-5-3-6-10-15)17-18-14(2)16-11-7-4-8-12-16/h3-14H,1-2H3/t13-,14-/m0/s1. The van der Waals surface area contributed by atoms with Crippen LogP contribution >= 0.6 is 21.6 Å². The lowest BCUT2D eigenvalue weighted by Crippen LogP contribution is -1.88. The Balaban J connectivity index is 1.89. The molecule has 0 fully saturated rings. The quantitative estimate of drug-likeness (QED) is 0.623. The van der Waals surface area contributed by atoms with Gasteiger partial charge < -0.3 is 0 Å². The summed E-state index contributed by atoms with van der Waals surface area (Å²) in [6.45, 7) is 4.54. The number of rotatable bonds is 5. The van der Waals surface area contributed by atoms with E-state index in [-0.39, 0.29) is 0 Å². The highest BCUT2D eigenvalue weighted by Crippen LogP contribution is 2.45. The Labute approximate surface area is 118 Å². The highest BCUT2D eigenvalue weighted by atomic mass is 33.1. The summed E-state index contributed by atoms with van der Waals surface area (Å²) in [5.41, 5.74) is 2.80. The van der Waals surface area contributed by atoms with Crippen LogP contribution in [0.4, 0.5) is 0 Å². The van der Waals surface area contributed by atoms with Crippen LogP contribution in [0.25, 0.3) is 0 Å². The highest BCUT2D eigenvalue weighted by molar-refractivity contribution is 8.76. The maximum Gasteiger partial charge on any atom is 0.0373 e. The molecule has 2 heteroatoms. The molecule has 0 spiro atoms. The molecule has 2 atom stereocenters. The van der Waals surface area contributed by atoms with Crippen molar-refractivity contribution in [1.82, 2.24) is 0 Å². The minimum Gasteiger partial charge on any atom is -0.0856 e. The Hall–Kier alpha value is -0.860. The van der Waals surface area contributed by atoms with Crippen LogP contribution < -0.4 is 0 Å². The van der Waals surface area contributed by atoms with E-state index in [1.165, 1.54) is 11.1 Å². The van der Waals surface area contributed by atoms with E-state index in [1.54, 1.807) is 0 Å². The molecule has 0 nitrogen and oxygen atoms in total. The fourth-order valence-electron chi connectivity index (χ4n) is 1.73. The molecule has 0 bridgehead atoms. The smallest absolute Gasteiger partial charge is 0.0373 e. The summed E-state index contributed by atoms with van der Waals surface area (Å²) in [7, 11) is 3.90. The number of hydrogen-bond donors (Lipinski definition) is 0. The predicted molar refractivity (Wildman–Crippen MR) is 84.9 cm³/mol. The lowest BCUT2D eigenvalue weighted by molar-refractivity contribution is 1.10. The molecule has 2 aromatic carbocycles. The molecule has 0 aliphatic carbocycles. The average molecular weight is 274 g/mol. The Morgan fingerprint density at radius 1 is 0.611 bits per heavy atom. The van der Waals surface area contributed by atoms with E-state index in [0.717, 1.165) is 0 Å². The zero-order valence-electron chi connectivity index (χ0n) is 10.7. The molecule has 0 heterocycles. The molecule has 0 unspecified atom stereocenters. The van der Waals surface area contributed by atoms with Gasteiger partial charge in [0.05, 0.1) is 0 Å². The van der Waals surface area contributed by atoms with Gasteiger partial charge in [0.25, 0.3) is 0 Å². The third kappa shape index (κ3) is 3.82. The third-order valence-corrected chi connectivity index (χ3v) is 6.18. The molecule has 0 aliphatic rings. The first-order valence-corrected chi connectivity index (χ1v) is 8.47. The second-order valence-corrected chi connectivity index (χ2v) is 7.25. The van der Waals surface area contributed by atoms with Gasteiger partial charge in [-0.05, 0) is 25.0 Å². The van der Waals surface area contributed by atoms with E-state index in [1.807, 2.05) is 21.6 Å². The molecule has 0 saturated heterocycles. The number of benzene rings is 2. The van der Waals surface area contributed by atoms with Crippen LogP contribution in [0.2, 0.25) is 0 Å². The van der Waals surface area contributed by atoms with Crippen molar-refractivity contribution < 1.29 is 0 Å². The monoisotopic (exact) mass is 274 g/mol. The fourth-order valence-corrected chi connectivity index (χ4v) is 4.26. The van der Waals surface area contributed by atoms with Gasteiger partial charge in [-0.2, -0.15) is 0 Å². The van der Waals surface area contributed by atoms with E-state index >= 15 is 0 Å². The van der Waals surface area contributed by atoms with Crippen LogP contribution in [-0.4, -0.2) is 0 Å². The van der Waals surface area contributed by atoms with Gasteiger partial charge in [0, 0.05) is 10.5 Å². The number of hydrogen-bond acceptors (Lipinski definition) is 2. The van der Waals surface area contributed by atoms with Crippen molar-refractivity contribution in [2.75, 3.05) is 0 Å². The van der Waals surface area contributed by atoms with Crippen LogP contribution in [0.1, 0.15) is 35.5 Å². The average Bonchev–Trinajstić information content (AvgIpc) is 2.46. The molecule has 0 N–H and O–H groups in total. The van der Waals surface area contributed by atoms with Gasteiger partial charge in [0.2, 0.25) is 0 Å². The third-order valence-electron chi connectivity index (χ3n) is 2.88. The van der Waals surface area contributed by atoms with Crippen molar-refractivity contribution in [2.45, 2.75) is 24.3 Å². The molecule has 0 radical (unpaired) electrons. The van der Waals surface area contributed by atoms with Gasteiger partial charge in [-0.15, -0.1) is 0 Å². The lowest BCUT2D eigenvalue weighted by atomic mass is 10.2. The normalized spacial score (nSPS) is 14.1. The van der Waals surface area contributed by atoms with E-state index in [4.69, 9.17) is 0 Å². The predicted octanol–water partition coefficient (Wildman–Crippen LogP) is 5.89. The summed E-state index contributed by atoms with van der Waals surface area (Å²) >= 11 is 0. The summed E-state index contributed by atoms with van der Waals surface area (Å²) < 4.78 is 0. The maximum atomic E-state index is 2.27. The first kappa shape index (κ1) is 13.6. The van der Waals surface area contributed by atoms with E-state index < -0.39 is 0 Å². The van der Waals surface area contributed by atoms with Crippen molar-refractivity contribution in [1.29, 1.82) is 0 Å². The zero-order chi connectivity index (χ0) is 12.8. The summed E-state index contributed by atoms with van der Waals surface area (Å²) in [6.07, 6.45) is 0. The van der Waals surface area contributed by atoms with Crippen molar-refractivity contribution in [3.05, 3.63) is 71.8 Å². The molecule has 94 valence electrons. The summed E-state index contributed by atoms with van der Waals surface area (Å²) in [4.78, 5) is 0. The zero-order valence-corrected chi connectivity index (χ0v) is 12.4. The van der Waals surface area contributed by atoms with Crippen molar-refractivity contribution >= 4 is 21.6 Å². The van der Waals surface area contributed by atoms with Crippen molar-refractivity contribution in [2.24, 2.45) is 0 Å². The van der Waals surface area contributed by atoms with Crippen molar-refractivity contribution in [3.8, 4) is 0 Å². The van der Waals surface area contributed by atoms with Gasteiger partial charge in [0.15, 0.2) is 0 Å². The fraction of sp³-hybridized carbons (Fsp3) is 0.250. The van der Waals surface area contributed by atoms with Gasteiger partial charge in [-0.25, -0.2) is 0 Å². The topological polar surface area (TPSA) is 0 Å². The first-order chi connectivity index (χ1) is 8.77. The van der Waals surface area contributed by atoms with Crippen LogP contribution in [0, 0.1) is 0 Å². The maximum absolute atomic E-state index is 2.27. The molecular formula is C16H18S2. The van der Waals surface area contributed by atoms with Crippen LogP contribution in [0.3, 0.4) is 0 Å². The largest absolute Gasteiger partial charge is 0.0856 e. The van der Waals surface area contributed by atoms with Gasteiger partial charge >= 0.3 is 0 Å². The van der Waals surface area contributed by atoms with Gasteiger partial charge in [-0.3, -0.25) is 0 Å². The molecule has 0 amide bonds. The van der Waals surface area contributed by atoms with E-state index in [0.29, 0.717) is 10.5 Å². The SMILES string of the molecule is C[C@H](SS[C@@H](C)c1ccccc1)c1ccccc1. The molecule has 2 rings (SSSR count). The minimum absolute atomic E-state index is 0.530. The lowest BCUT2D eigenvalue weighted by Gasteiger charge is -2.15. The van der Waals surface area contributed by atoms with Crippen LogP contribution in [0.5, 0.6) is 0 Å². The Bertz CT molecular complexity index is 408. The van der Waals surface area contributed by atoms with E-state index in [9.17, 15) is 0 Å². The summed E-state index contributed by atoms with van der Waals surface area (Å²) in [5.74, 6) is 0. The molecule has 0 aromatic heterocycles. The Kier molecular flexibility index (Phi) is 5.21. The van der Waals surface area contributed by atoms with Gasteiger partial charge in [-0.1, -0.05) is 82.3 Å². The minimum atomic E-state index is 0.530. The Morgan fingerprint density at radius 2 is 0.944 bits per heavy atom. The molecule has 0 aliphatic heterocycles. The Morgan fingerprint density at radius 3 is 1.28 bits per heavy atom. The van der Waals surface area contributed by atoms with Crippen LogP contribution in [-0.2, 0) is 0 Å². The first-order valence-electron chi connectivity index (χ1n) is 6.19. The van der Waals surface area contributed by atoms with E-state index in [2.05, 4.69) is 74.5 Å². The molecule has 0 saturated carbocycles. The summed E-state index contributed by atoms with van der Waals surface area (Å²) in [5, 5.41) is 1.06.